The van der Waals surface area contributed by atoms with Crippen molar-refractivity contribution >= 4 is 52.1 Å². The van der Waals surface area contributed by atoms with Crippen molar-refractivity contribution in [1.29, 1.82) is 0 Å². The van der Waals surface area contributed by atoms with Crippen molar-refractivity contribution in [2.45, 2.75) is 51.8 Å². The average Bonchev–Trinajstić information content (AvgIpc) is 3.29. The van der Waals surface area contributed by atoms with Crippen molar-refractivity contribution < 1.29 is 23.8 Å². The molecule has 2 heterocycles. The van der Waals surface area contributed by atoms with Crippen LogP contribution in [0.5, 0.6) is 11.5 Å². The minimum Gasteiger partial charge on any atom is -0.495 e. The van der Waals surface area contributed by atoms with Crippen LogP contribution in [0.15, 0.2) is 30.5 Å². The number of methoxy groups -OCH3 is 2. The number of carbonyl (C=O) groups is 2. The number of nitrogens with zero attached hydrogens (tertiary/aromatic N) is 3. The van der Waals surface area contributed by atoms with E-state index < -0.39 is 11.7 Å². The molecule has 0 spiro atoms. The molecule has 40 heavy (non-hydrogen) atoms. The number of hydrogen-bond donors (Lipinski definition) is 2. The molecule has 1 aromatic heterocycles. The summed E-state index contributed by atoms with van der Waals surface area (Å²) >= 11 is 13.2. The summed E-state index contributed by atoms with van der Waals surface area (Å²) in [5.74, 6) is 1.16. The zero-order valence-electron chi connectivity index (χ0n) is 23.3. The number of likely N-dealkylation sites (tertiary alicyclic amines) is 1. The maximum absolute atomic E-state index is 12.9. The first kappa shape index (κ1) is 29.5. The van der Waals surface area contributed by atoms with E-state index in [1.807, 2.05) is 39.0 Å². The van der Waals surface area contributed by atoms with Crippen LogP contribution < -0.4 is 20.1 Å². The molecule has 4 rings (SSSR count). The number of fused-ring (bicyclic) bond motifs is 1. The smallest absolute Gasteiger partial charge is 0.410 e. The molecule has 1 fully saturated rings. The monoisotopic (exact) mass is 589 g/mol. The summed E-state index contributed by atoms with van der Waals surface area (Å²) in [6.07, 6.45) is 1.88. The van der Waals surface area contributed by atoms with Crippen LogP contribution in [0.3, 0.4) is 0 Å². The van der Waals surface area contributed by atoms with Crippen LogP contribution in [0, 0.1) is 0 Å². The Kier molecular flexibility index (Phi) is 8.80. The van der Waals surface area contributed by atoms with Gasteiger partial charge in [-0.25, -0.2) is 14.8 Å². The van der Waals surface area contributed by atoms with Crippen molar-refractivity contribution in [3.63, 3.8) is 0 Å². The van der Waals surface area contributed by atoms with Gasteiger partial charge in [0.2, 0.25) is 11.9 Å². The van der Waals surface area contributed by atoms with Gasteiger partial charge in [0, 0.05) is 49.3 Å². The lowest BCUT2D eigenvalue weighted by Gasteiger charge is -2.28. The molecule has 0 unspecified atom stereocenters. The van der Waals surface area contributed by atoms with E-state index in [4.69, 9.17) is 37.4 Å². The van der Waals surface area contributed by atoms with Gasteiger partial charge in [-0.1, -0.05) is 29.3 Å². The minimum absolute atomic E-state index is 0.134. The highest BCUT2D eigenvalue weighted by molar-refractivity contribution is 6.41. The molecule has 2 amide bonds. The molecule has 1 saturated heterocycles. The number of benzene rings is 2. The van der Waals surface area contributed by atoms with Crippen molar-refractivity contribution in [3.05, 3.63) is 40.5 Å². The van der Waals surface area contributed by atoms with E-state index in [9.17, 15) is 9.59 Å². The highest BCUT2D eigenvalue weighted by atomic mass is 35.5. The van der Waals surface area contributed by atoms with Crippen LogP contribution in [-0.4, -0.2) is 71.9 Å². The van der Waals surface area contributed by atoms with Crippen molar-refractivity contribution in [2.24, 2.45) is 0 Å². The molecule has 1 aliphatic rings. The third-order valence-corrected chi connectivity index (χ3v) is 7.15. The molecule has 1 aliphatic heterocycles. The number of nitrogens with one attached hydrogen (secondary N) is 2. The predicted octanol–water partition coefficient (Wildman–Crippen LogP) is 5.55. The molecule has 0 radical (unpaired) electrons. The van der Waals surface area contributed by atoms with Gasteiger partial charge in [0.15, 0.2) is 0 Å². The highest BCUT2D eigenvalue weighted by Gasteiger charge is 2.38. The van der Waals surface area contributed by atoms with Crippen LogP contribution in [0.1, 0.15) is 34.1 Å². The lowest BCUT2D eigenvalue weighted by molar-refractivity contribution is -0.119. The van der Waals surface area contributed by atoms with Gasteiger partial charge in [0.05, 0.1) is 35.8 Å². The van der Waals surface area contributed by atoms with Crippen LogP contribution in [0.4, 0.5) is 10.7 Å². The van der Waals surface area contributed by atoms with E-state index in [0.717, 1.165) is 10.9 Å². The van der Waals surface area contributed by atoms with E-state index in [-0.39, 0.29) is 18.0 Å². The van der Waals surface area contributed by atoms with Crippen LogP contribution in [0.25, 0.3) is 22.0 Å². The fourth-order valence-corrected chi connectivity index (χ4v) is 5.32. The van der Waals surface area contributed by atoms with Crippen molar-refractivity contribution in [1.82, 2.24) is 20.2 Å². The Balaban J connectivity index is 1.56. The molecule has 10 nitrogen and oxygen atoms in total. The van der Waals surface area contributed by atoms with Gasteiger partial charge in [0.1, 0.15) is 17.1 Å². The molecule has 0 aliphatic carbocycles. The summed E-state index contributed by atoms with van der Waals surface area (Å²) < 4.78 is 16.4. The van der Waals surface area contributed by atoms with Crippen LogP contribution >= 0.6 is 23.2 Å². The number of rotatable bonds is 7. The quantitative estimate of drug-likeness (QED) is 0.369. The van der Waals surface area contributed by atoms with E-state index in [0.29, 0.717) is 58.1 Å². The zero-order chi connectivity index (χ0) is 29.2. The Morgan fingerprint density at radius 3 is 2.38 bits per heavy atom. The van der Waals surface area contributed by atoms with Gasteiger partial charge < -0.3 is 29.7 Å². The fraction of sp³-hybridized carbons (Fsp3) is 0.429. The fourth-order valence-electron chi connectivity index (χ4n) is 4.60. The van der Waals surface area contributed by atoms with Gasteiger partial charge in [-0.05, 0) is 44.9 Å². The molecule has 214 valence electrons. The second-order valence-electron chi connectivity index (χ2n) is 10.6. The highest BCUT2D eigenvalue weighted by Crippen LogP contribution is 2.46. The second-order valence-corrected chi connectivity index (χ2v) is 11.3. The predicted molar refractivity (Wildman–Crippen MR) is 156 cm³/mol. The molecule has 2 aromatic carbocycles. The zero-order valence-corrected chi connectivity index (χ0v) is 24.8. The summed E-state index contributed by atoms with van der Waals surface area (Å²) in [6.45, 7) is 7.62. The first-order chi connectivity index (χ1) is 18.9. The van der Waals surface area contributed by atoms with Gasteiger partial charge in [-0.15, -0.1) is 0 Å². The topological polar surface area (TPSA) is 115 Å². The Morgan fingerprint density at radius 2 is 1.77 bits per heavy atom. The molecule has 0 bridgehead atoms. The molecule has 12 heteroatoms. The Morgan fingerprint density at radius 1 is 1.10 bits per heavy atom. The number of anilines is 1. The third-order valence-electron chi connectivity index (χ3n) is 6.40. The third kappa shape index (κ3) is 6.62. The second kappa shape index (κ2) is 11.9. The number of aromatic nitrogens is 2. The lowest BCUT2D eigenvalue weighted by Crippen LogP contribution is -2.45. The number of halogens is 2. The normalized spacial score (nSPS) is 17.1. The van der Waals surface area contributed by atoms with E-state index in [1.54, 1.807) is 17.2 Å². The molecule has 2 N–H and O–H groups in total. The summed E-state index contributed by atoms with van der Waals surface area (Å²) in [6, 6.07) is 6.91. The summed E-state index contributed by atoms with van der Waals surface area (Å²) in [7, 11) is 3.06. The van der Waals surface area contributed by atoms with Crippen molar-refractivity contribution in [2.75, 3.05) is 32.6 Å². The first-order valence-corrected chi connectivity index (χ1v) is 13.5. The lowest BCUT2D eigenvalue weighted by atomic mass is 10.0. The number of amides is 2. The maximum Gasteiger partial charge on any atom is 0.410 e. The summed E-state index contributed by atoms with van der Waals surface area (Å²) in [5.41, 5.74) is 1.42. The van der Waals surface area contributed by atoms with Gasteiger partial charge in [-0.3, -0.25) is 4.79 Å². The largest absolute Gasteiger partial charge is 0.495 e. The Hall–Kier alpha value is -3.50. The minimum atomic E-state index is -0.633. The van der Waals surface area contributed by atoms with Gasteiger partial charge >= 0.3 is 6.09 Å². The Bertz CT molecular complexity index is 1400. The standard InChI is InChI=1S/C28H33Cl2N5O5/c1-15(36)31-13-19-10-18(14-35(19)27(37)40-28(2,3)4)33-26-32-12-17-9-16(7-8-20(17)34-26)23-24(29)21(38-5)11-22(39-6)25(23)30/h7-9,11-12,18-19H,10,13-14H2,1-6H3,(H,31,36)(H,32,33,34)/t18-,19-/m0/s1. The molecule has 2 atom stereocenters. The molecule has 0 saturated carbocycles. The average molecular weight is 591 g/mol. The maximum atomic E-state index is 12.9. The van der Waals surface area contributed by atoms with E-state index >= 15 is 0 Å². The molecular weight excluding hydrogens is 557 g/mol. The van der Waals surface area contributed by atoms with Crippen LogP contribution in [-0.2, 0) is 9.53 Å². The van der Waals surface area contributed by atoms with Crippen molar-refractivity contribution in [3.8, 4) is 22.6 Å². The summed E-state index contributed by atoms with van der Waals surface area (Å²) in [5, 5.41) is 7.66. The first-order valence-electron chi connectivity index (χ1n) is 12.8. The van der Waals surface area contributed by atoms with Crippen LogP contribution in [0.2, 0.25) is 10.0 Å². The van der Waals surface area contributed by atoms with Gasteiger partial charge in [-0.2, -0.15) is 0 Å². The van der Waals surface area contributed by atoms with E-state index in [2.05, 4.69) is 20.6 Å². The number of carbonyl (C=O) groups excluding carboxylic acids is 2. The Labute approximate surface area is 243 Å². The SMILES string of the molecule is COc1cc(OC)c(Cl)c(-c2ccc3nc(N[C@H]4C[C@@H](CNC(C)=O)N(C(=O)OC(C)(C)C)C4)ncc3c2)c1Cl. The molecular formula is C28H33Cl2N5O5. The van der Waals surface area contributed by atoms with Gasteiger partial charge in [0.25, 0.3) is 0 Å². The van der Waals surface area contributed by atoms with E-state index in [1.165, 1.54) is 21.1 Å². The number of ether oxygens (including phenoxy) is 3. The summed E-state index contributed by atoms with van der Waals surface area (Å²) in [4.78, 5) is 35.2. The number of hydrogen-bond acceptors (Lipinski definition) is 8. The molecule has 3 aromatic rings.